The maximum atomic E-state index is 11.2. The normalized spacial score (nSPS) is 17.6. The van der Waals surface area contributed by atoms with Gasteiger partial charge < -0.3 is 15.2 Å². The highest BCUT2D eigenvalue weighted by Crippen LogP contribution is 2.12. The molecular weight excluding hydrogens is 256 g/mol. The van der Waals surface area contributed by atoms with Crippen LogP contribution >= 0.6 is 0 Å². The van der Waals surface area contributed by atoms with Crippen molar-refractivity contribution in [3.05, 3.63) is 29.8 Å². The molecule has 0 bridgehead atoms. The molecule has 5 nitrogen and oxygen atoms in total. The Morgan fingerprint density at radius 3 is 2.80 bits per heavy atom. The van der Waals surface area contributed by atoms with Crippen LogP contribution in [-0.2, 0) is 11.2 Å². The summed E-state index contributed by atoms with van der Waals surface area (Å²) < 4.78 is 5.56. The lowest BCUT2D eigenvalue weighted by atomic mass is 10.2. The monoisotopic (exact) mass is 278 g/mol. The number of nitrogens with zero attached hydrogens (tertiary/aromatic N) is 1. The molecular formula is C15H22N2O3. The summed E-state index contributed by atoms with van der Waals surface area (Å²) in [7, 11) is 0. The lowest BCUT2D eigenvalue weighted by Gasteiger charge is -2.28. The van der Waals surface area contributed by atoms with Crippen molar-refractivity contribution in [3.63, 3.8) is 0 Å². The van der Waals surface area contributed by atoms with Gasteiger partial charge in [-0.3, -0.25) is 9.69 Å². The predicted molar refractivity (Wildman–Crippen MR) is 76.8 cm³/mol. The van der Waals surface area contributed by atoms with Gasteiger partial charge in [0.25, 0.3) is 0 Å². The van der Waals surface area contributed by atoms with E-state index in [0.29, 0.717) is 19.6 Å². The van der Waals surface area contributed by atoms with Crippen molar-refractivity contribution in [2.24, 2.45) is 0 Å². The van der Waals surface area contributed by atoms with E-state index in [1.54, 1.807) is 0 Å². The molecule has 0 saturated carbocycles. The lowest BCUT2D eigenvalue weighted by molar-refractivity contribution is -0.124. The van der Waals surface area contributed by atoms with Crippen molar-refractivity contribution in [1.29, 1.82) is 0 Å². The lowest BCUT2D eigenvalue weighted by Crippen LogP contribution is -2.50. The topological polar surface area (TPSA) is 61.8 Å². The number of rotatable bonds is 6. The van der Waals surface area contributed by atoms with Gasteiger partial charge in [0.2, 0.25) is 5.91 Å². The maximum absolute atomic E-state index is 11.2. The highest BCUT2D eigenvalue weighted by molar-refractivity contribution is 5.78. The quantitative estimate of drug-likeness (QED) is 0.792. The van der Waals surface area contributed by atoms with E-state index >= 15 is 0 Å². The Hall–Kier alpha value is -1.59. The van der Waals surface area contributed by atoms with Gasteiger partial charge in [0.15, 0.2) is 0 Å². The number of nitrogens with one attached hydrogen (secondary N) is 1. The minimum atomic E-state index is -0.591. The highest BCUT2D eigenvalue weighted by atomic mass is 16.5. The molecule has 1 fully saturated rings. The fourth-order valence-electron chi connectivity index (χ4n) is 2.21. The predicted octanol–water partition coefficient (Wildman–Crippen LogP) is 0.420. The van der Waals surface area contributed by atoms with Gasteiger partial charge in [0.1, 0.15) is 18.5 Å². The van der Waals surface area contributed by atoms with Crippen LogP contribution in [0.5, 0.6) is 5.75 Å². The molecule has 5 heteroatoms. The molecule has 1 aromatic rings. The van der Waals surface area contributed by atoms with Crippen LogP contribution in [0.1, 0.15) is 12.5 Å². The zero-order valence-corrected chi connectivity index (χ0v) is 11.8. The average Bonchev–Trinajstić information content (AvgIpc) is 2.46. The Bertz CT molecular complexity index is 433. The first-order valence-corrected chi connectivity index (χ1v) is 7.06. The Kier molecular flexibility index (Phi) is 5.38. The van der Waals surface area contributed by atoms with Crippen LogP contribution in [0.3, 0.4) is 0 Å². The van der Waals surface area contributed by atoms with E-state index in [1.807, 2.05) is 29.2 Å². The van der Waals surface area contributed by atoms with E-state index in [0.717, 1.165) is 18.7 Å². The number of benzene rings is 1. The molecule has 2 N–H and O–H groups in total. The van der Waals surface area contributed by atoms with E-state index in [1.165, 1.54) is 5.56 Å². The molecule has 1 unspecified atom stereocenters. The van der Waals surface area contributed by atoms with Crippen LogP contribution < -0.4 is 10.1 Å². The smallest absolute Gasteiger partial charge is 0.234 e. The van der Waals surface area contributed by atoms with Crippen LogP contribution in [0.15, 0.2) is 24.3 Å². The summed E-state index contributed by atoms with van der Waals surface area (Å²) in [5.41, 5.74) is 1.26. The van der Waals surface area contributed by atoms with Crippen molar-refractivity contribution >= 4 is 5.91 Å². The molecule has 1 saturated heterocycles. The van der Waals surface area contributed by atoms with Crippen LogP contribution in [0, 0.1) is 0 Å². The maximum Gasteiger partial charge on any atom is 0.234 e. The van der Waals surface area contributed by atoms with Gasteiger partial charge in [-0.2, -0.15) is 0 Å². The van der Waals surface area contributed by atoms with E-state index in [9.17, 15) is 9.90 Å². The fraction of sp³-hybridized carbons (Fsp3) is 0.533. The highest BCUT2D eigenvalue weighted by Gasteiger charge is 2.19. The summed E-state index contributed by atoms with van der Waals surface area (Å²) in [6.07, 6.45) is 0.409. The molecule has 1 amide bonds. The fourth-order valence-corrected chi connectivity index (χ4v) is 2.21. The van der Waals surface area contributed by atoms with E-state index < -0.39 is 6.10 Å². The number of amides is 1. The summed E-state index contributed by atoms with van der Waals surface area (Å²) in [5.74, 6) is 0.775. The first kappa shape index (κ1) is 14.8. The molecule has 0 aliphatic carbocycles. The molecule has 1 aliphatic rings. The first-order valence-electron chi connectivity index (χ1n) is 7.06. The molecule has 1 atom stereocenters. The Labute approximate surface area is 119 Å². The van der Waals surface area contributed by atoms with Gasteiger partial charge in [0, 0.05) is 19.6 Å². The molecule has 0 spiro atoms. The van der Waals surface area contributed by atoms with Crippen molar-refractivity contribution in [1.82, 2.24) is 10.2 Å². The SMILES string of the molecule is CCc1ccc(OCC(O)CN2CCNC(=O)C2)cc1. The Balaban J connectivity index is 1.73. The summed E-state index contributed by atoms with van der Waals surface area (Å²) in [6, 6.07) is 7.88. The number of hydrogen-bond donors (Lipinski definition) is 2. The van der Waals surface area contributed by atoms with Crippen molar-refractivity contribution in [3.8, 4) is 5.75 Å². The standard InChI is InChI=1S/C15H22N2O3/c1-2-12-3-5-14(6-4-12)20-11-13(18)9-17-8-7-16-15(19)10-17/h3-6,13,18H,2,7-11H2,1H3,(H,16,19). The number of aliphatic hydroxyl groups excluding tert-OH is 1. The molecule has 2 rings (SSSR count). The third-order valence-corrected chi connectivity index (χ3v) is 3.36. The third kappa shape index (κ3) is 4.51. The van der Waals surface area contributed by atoms with Crippen molar-refractivity contribution in [2.45, 2.75) is 19.4 Å². The zero-order chi connectivity index (χ0) is 14.4. The molecule has 1 heterocycles. The minimum absolute atomic E-state index is 0.0134. The second kappa shape index (κ2) is 7.26. The molecule has 1 aromatic carbocycles. The Morgan fingerprint density at radius 2 is 2.15 bits per heavy atom. The molecule has 20 heavy (non-hydrogen) atoms. The largest absolute Gasteiger partial charge is 0.491 e. The van der Waals surface area contributed by atoms with Gasteiger partial charge >= 0.3 is 0 Å². The molecule has 0 radical (unpaired) electrons. The van der Waals surface area contributed by atoms with Crippen molar-refractivity contribution in [2.75, 3.05) is 32.8 Å². The van der Waals surface area contributed by atoms with Crippen LogP contribution in [0.2, 0.25) is 0 Å². The molecule has 1 aliphatic heterocycles. The van der Waals surface area contributed by atoms with Crippen LogP contribution in [0.25, 0.3) is 0 Å². The average molecular weight is 278 g/mol. The summed E-state index contributed by atoms with van der Waals surface area (Å²) >= 11 is 0. The molecule has 0 aromatic heterocycles. The summed E-state index contributed by atoms with van der Waals surface area (Å²) in [4.78, 5) is 13.2. The van der Waals surface area contributed by atoms with E-state index in [4.69, 9.17) is 4.74 Å². The third-order valence-electron chi connectivity index (χ3n) is 3.36. The van der Waals surface area contributed by atoms with Crippen molar-refractivity contribution < 1.29 is 14.6 Å². The van der Waals surface area contributed by atoms with E-state index in [-0.39, 0.29) is 12.5 Å². The van der Waals surface area contributed by atoms with Gasteiger partial charge in [-0.15, -0.1) is 0 Å². The number of carbonyl (C=O) groups is 1. The summed E-state index contributed by atoms with van der Waals surface area (Å²) in [6.45, 7) is 4.57. The zero-order valence-electron chi connectivity index (χ0n) is 11.8. The van der Waals surface area contributed by atoms with Gasteiger partial charge in [-0.1, -0.05) is 19.1 Å². The second-order valence-corrected chi connectivity index (χ2v) is 5.05. The number of hydrogen-bond acceptors (Lipinski definition) is 4. The van der Waals surface area contributed by atoms with Crippen LogP contribution in [0.4, 0.5) is 0 Å². The number of piperazine rings is 1. The van der Waals surface area contributed by atoms with Gasteiger partial charge in [0.05, 0.1) is 6.54 Å². The van der Waals surface area contributed by atoms with Gasteiger partial charge in [-0.05, 0) is 24.1 Å². The summed E-state index contributed by atoms with van der Waals surface area (Å²) in [5, 5.41) is 12.7. The number of β-amino-alcohol motifs (C(OH)–C–C–N with tert-alkyl or cyclic N) is 1. The number of carbonyl (C=O) groups excluding carboxylic acids is 1. The van der Waals surface area contributed by atoms with Crippen LogP contribution in [-0.4, -0.2) is 54.8 Å². The number of ether oxygens (including phenoxy) is 1. The number of aliphatic hydroxyl groups is 1. The second-order valence-electron chi connectivity index (χ2n) is 5.05. The van der Waals surface area contributed by atoms with E-state index in [2.05, 4.69) is 12.2 Å². The number of aryl methyl sites for hydroxylation is 1. The first-order chi connectivity index (χ1) is 9.67. The Morgan fingerprint density at radius 1 is 1.40 bits per heavy atom. The minimum Gasteiger partial charge on any atom is -0.491 e. The van der Waals surface area contributed by atoms with Gasteiger partial charge in [-0.25, -0.2) is 0 Å². The molecule has 110 valence electrons.